The van der Waals surface area contributed by atoms with Crippen molar-refractivity contribution < 1.29 is 4.79 Å². The number of carbonyl (C=O) groups excluding carboxylic acids is 1. The second kappa shape index (κ2) is 7.31. The van der Waals surface area contributed by atoms with Gasteiger partial charge in [0, 0.05) is 11.6 Å². The summed E-state index contributed by atoms with van der Waals surface area (Å²) >= 11 is 0. The molecule has 2 unspecified atom stereocenters. The Kier molecular flexibility index (Phi) is 4.56. The van der Waals surface area contributed by atoms with Crippen molar-refractivity contribution >= 4 is 23.0 Å². The minimum Gasteiger partial charge on any atom is -0.326 e. The molecule has 3 aromatic carbocycles. The molecule has 0 aliphatic heterocycles. The van der Waals surface area contributed by atoms with Gasteiger partial charge in [0.05, 0.1) is 11.4 Å². The molecule has 0 spiro atoms. The van der Waals surface area contributed by atoms with Crippen molar-refractivity contribution in [2.24, 2.45) is 16.1 Å². The smallest absolute Gasteiger partial charge is 0.228 e. The van der Waals surface area contributed by atoms with Crippen LogP contribution in [0.1, 0.15) is 17.9 Å². The summed E-state index contributed by atoms with van der Waals surface area (Å²) in [4.78, 5) is 12.4. The zero-order valence-corrected chi connectivity index (χ0v) is 14.2. The van der Waals surface area contributed by atoms with Crippen LogP contribution >= 0.6 is 0 Å². The highest BCUT2D eigenvalue weighted by Crippen LogP contribution is 2.47. The van der Waals surface area contributed by atoms with Crippen LogP contribution in [0.2, 0.25) is 0 Å². The molecule has 4 heteroatoms. The average Bonchev–Trinajstić information content (AvgIpc) is 3.50. The molecule has 1 aliphatic carbocycles. The van der Waals surface area contributed by atoms with Crippen LogP contribution < -0.4 is 5.32 Å². The number of rotatable bonds is 5. The van der Waals surface area contributed by atoms with Gasteiger partial charge in [0.25, 0.3) is 0 Å². The molecule has 128 valence electrons. The van der Waals surface area contributed by atoms with Gasteiger partial charge >= 0.3 is 0 Å². The lowest BCUT2D eigenvalue weighted by molar-refractivity contribution is -0.117. The van der Waals surface area contributed by atoms with Crippen LogP contribution in [0.5, 0.6) is 0 Å². The van der Waals surface area contributed by atoms with E-state index in [1.807, 2.05) is 72.8 Å². The Hall–Kier alpha value is -3.27. The number of hydrogen-bond donors (Lipinski definition) is 1. The van der Waals surface area contributed by atoms with Crippen LogP contribution in [0.25, 0.3) is 0 Å². The van der Waals surface area contributed by atoms with Crippen LogP contribution in [0.4, 0.5) is 17.1 Å². The number of amides is 1. The van der Waals surface area contributed by atoms with Gasteiger partial charge in [0.15, 0.2) is 0 Å². The van der Waals surface area contributed by atoms with Crippen LogP contribution in [-0.4, -0.2) is 5.91 Å². The molecule has 3 aromatic rings. The highest BCUT2D eigenvalue weighted by molar-refractivity contribution is 5.95. The third-order valence-corrected chi connectivity index (χ3v) is 4.53. The number of azo groups is 1. The number of anilines is 1. The zero-order valence-electron chi connectivity index (χ0n) is 14.2. The maximum Gasteiger partial charge on any atom is 0.228 e. The van der Waals surface area contributed by atoms with Gasteiger partial charge in [-0.15, -0.1) is 0 Å². The average molecular weight is 341 g/mol. The fourth-order valence-corrected chi connectivity index (χ4v) is 3.01. The maximum atomic E-state index is 12.4. The Bertz CT molecular complexity index is 905. The Balaban J connectivity index is 1.35. The predicted octanol–water partition coefficient (Wildman–Crippen LogP) is 5.84. The molecule has 0 saturated heterocycles. The van der Waals surface area contributed by atoms with Crippen molar-refractivity contribution in [1.82, 2.24) is 0 Å². The van der Waals surface area contributed by atoms with Crippen molar-refractivity contribution in [2.75, 3.05) is 5.32 Å². The van der Waals surface area contributed by atoms with Crippen LogP contribution in [0.3, 0.4) is 0 Å². The van der Waals surface area contributed by atoms with E-state index in [1.165, 1.54) is 5.56 Å². The summed E-state index contributed by atoms with van der Waals surface area (Å²) in [7, 11) is 0. The third kappa shape index (κ3) is 3.86. The molecule has 1 amide bonds. The number of benzene rings is 3. The fraction of sp³-hybridized carbons (Fsp3) is 0.136. The maximum absolute atomic E-state index is 12.4. The first kappa shape index (κ1) is 16.2. The number of hydrogen-bond acceptors (Lipinski definition) is 3. The number of nitrogens with zero attached hydrogens (tertiary/aromatic N) is 2. The molecule has 4 nitrogen and oxygen atoms in total. The van der Waals surface area contributed by atoms with Crippen molar-refractivity contribution in [1.29, 1.82) is 0 Å². The lowest BCUT2D eigenvalue weighted by Crippen LogP contribution is -2.14. The first-order chi connectivity index (χ1) is 12.8. The molecule has 1 saturated carbocycles. The van der Waals surface area contributed by atoms with Crippen molar-refractivity contribution in [2.45, 2.75) is 12.3 Å². The molecular weight excluding hydrogens is 322 g/mol. The molecule has 2 atom stereocenters. The topological polar surface area (TPSA) is 53.8 Å². The molecule has 1 aliphatic rings. The summed E-state index contributed by atoms with van der Waals surface area (Å²) in [5.41, 5.74) is 3.59. The number of nitrogens with one attached hydrogen (secondary N) is 1. The van der Waals surface area contributed by atoms with Gasteiger partial charge in [-0.3, -0.25) is 4.79 Å². The van der Waals surface area contributed by atoms with E-state index in [-0.39, 0.29) is 11.8 Å². The summed E-state index contributed by atoms with van der Waals surface area (Å²) in [5.74, 6) is 0.488. The minimum atomic E-state index is 0.0647. The Labute approximate surface area is 152 Å². The molecule has 1 N–H and O–H groups in total. The molecular formula is C22H19N3O. The van der Waals surface area contributed by atoms with E-state index in [4.69, 9.17) is 0 Å². The number of carbonyl (C=O) groups is 1. The van der Waals surface area contributed by atoms with E-state index >= 15 is 0 Å². The van der Waals surface area contributed by atoms with Crippen LogP contribution in [0.15, 0.2) is 95.2 Å². The predicted molar refractivity (Wildman–Crippen MR) is 103 cm³/mol. The van der Waals surface area contributed by atoms with E-state index in [9.17, 15) is 4.79 Å². The largest absolute Gasteiger partial charge is 0.326 e. The summed E-state index contributed by atoms with van der Waals surface area (Å²) < 4.78 is 0. The van der Waals surface area contributed by atoms with E-state index in [1.54, 1.807) is 0 Å². The highest BCUT2D eigenvalue weighted by atomic mass is 16.2. The van der Waals surface area contributed by atoms with Gasteiger partial charge in [-0.05, 0) is 54.3 Å². The summed E-state index contributed by atoms with van der Waals surface area (Å²) in [6.45, 7) is 0. The van der Waals surface area contributed by atoms with Gasteiger partial charge in [-0.1, -0.05) is 48.5 Å². The first-order valence-corrected chi connectivity index (χ1v) is 8.72. The monoisotopic (exact) mass is 341 g/mol. The van der Waals surface area contributed by atoms with Crippen LogP contribution in [-0.2, 0) is 4.79 Å². The minimum absolute atomic E-state index is 0.0647. The molecule has 1 fully saturated rings. The fourth-order valence-electron chi connectivity index (χ4n) is 3.01. The summed E-state index contributed by atoms with van der Waals surface area (Å²) in [6, 6.07) is 27.2. The van der Waals surface area contributed by atoms with Gasteiger partial charge in [-0.25, -0.2) is 0 Å². The van der Waals surface area contributed by atoms with Gasteiger partial charge in [0.2, 0.25) is 5.91 Å². The SMILES string of the molecule is O=C(Nc1ccc(N=Nc2ccccc2)cc1)C1CC1c1ccccc1. The Morgan fingerprint density at radius 3 is 2.00 bits per heavy atom. The highest BCUT2D eigenvalue weighted by Gasteiger charge is 2.43. The Morgan fingerprint density at radius 1 is 0.769 bits per heavy atom. The molecule has 26 heavy (non-hydrogen) atoms. The lowest BCUT2D eigenvalue weighted by atomic mass is 10.1. The second-order valence-corrected chi connectivity index (χ2v) is 6.43. The Morgan fingerprint density at radius 2 is 1.35 bits per heavy atom. The zero-order chi connectivity index (χ0) is 17.8. The normalized spacial score (nSPS) is 18.6. The van der Waals surface area contributed by atoms with E-state index in [2.05, 4.69) is 27.7 Å². The quantitative estimate of drug-likeness (QED) is 0.582. The van der Waals surface area contributed by atoms with Gasteiger partial charge in [-0.2, -0.15) is 10.2 Å². The molecule has 0 aromatic heterocycles. The van der Waals surface area contributed by atoms with Crippen LogP contribution in [0, 0.1) is 5.92 Å². The van der Waals surface area contributed by atoms with E-state index < -0.39 is 0 Å². The van der Waals surface area contributed by atoms with E-state index in [0.717, 1.165) is 23.5 Å². The molecule has 0 heterocycles. The lowest BCUT2D eigenvalue weighted by Gasteiger charge is -2.05. The summed E-state index contributed by atoms with van der Waals surface area (Å²) in [5, 5.41) is 11.4. The van der Waals surface area contributed by atoms with Crippen molar-refractivity contribution in [3.8, 4) is 0 Å². The molecule has 0 radical (unpaired) electrons. The molecule has 4 rings (SSSR count). The van der Waals surface area contributed by atoms with E-state index in [0.29, 0.717) is 5.92 Å². The standard InChI is InChI=1S/C22H19N3O/c26-22(21-15-20(21)16-7-3-1-4-8-16)23-17-11-13-19(14-12-17)25-24-18-9-5-2-6-10-18/h1-14,20-21H,15H2,(H,23,26). The van der Waals surface area contributed by atoms with Gasteiger partial charge in [0.1, 0.15) is 0 Å². The summed E-state index contributed by atoms with van der Waals surface area (Å²) in [6.07, 6.45) is 0.916. The van der Waals surface area contributed by atoms with Crippen molar-refractivity contribution in [3.63, 3.8) is 0 Å². The second-order valence-electron chi connectivity index (χ2n) is 6.43. The van der Waals surface area contributed by atoms with Gasteiger partial charge < -0.3 is 5.32 Å². The first-order valence-electron chi connectivity index (χ1n) is 8.72. The molecule has 0 bridgehead atoms. The van der Waals surface area contributed by atoms with Crippen molar-refractivity contribution in [3.05, 3.63) is 90.5 Å². The third-order valence-electron chi connectivity index (χ3n) is 4.53.